The molecule has 17 heavy (non-hydrogen) atoms. The first-order chi connectivity index (χ1) is 8.31. The molecule has 0 aliphatic rings. The maximum absolute atomic E-state index is 7.24. The second-order valence-corrected chi connectivity index (χ2v) is 3.77. The second-order valence-electron chi connectivity index (χ2n) is 3.77. The van der Waals surface area contributed by atoms with Crippen LogP contribution in [0.3, 0.4) is 0 Å². The Morgan fingerprint density at radius 3 is 2.82 bits per heavy atom. The molecular formula is C13H21N3O. The monoisotopic (exact) mass is 235 g/mol. The van der Waals surface area contributed by atoms with Gasteiger partial charge in [0, 0.05) is 19.0 Å². The summed E-state index contributed by atoms with van der Waals surface area (Å²) in [6.45, 7) is 8.16. The van der Waals surface area contributed by atoms with Crippen LogP contribution in [0.5, 0.6) is 5.88 Å². The molecule has 1 aromatic rings. The molecule has 0 unspecified atom stereocenters. The Balaban J connectivity index is 2.33. The number of pyridine rings is 1. The third kappa shape index (κ3) is 4.53. The average Bonchev–Trinajstić information content (AvgIpc) is 2.39. The predicted octanol–water partition coefficient (Wildman–Crippen LogP) is 2.19. The molecule has 0 aliphatic heterocycles. The SMILES string of the molecule is CCN(CC)CCCOc1ncccc1C=N. The first-order valence-corrected chi connectivity index (χ1v) is 6.12. The Morgan fingerprint density at radius 1 is 1.41 bits per heavy atom. The van der Waals surface area contributed by atoms with E-state index in [0.717, 1.165) is 31.6 Å². The van der Waals surface area contributed by atoms with Crippen molar-refractivity contribution in [1.82, 2.24) is 9.88 Å². The lowest BCUT2D eigenvalue weighted by atomic mass is 10.3. The number of rotatable bonds is 8. The molecule has 0 atom stereocenters. The molecule has 0 amide bonds. The molecule has 0 bridgehead atoms. The molecule has 4 nitrogen and oxygen atoms in total. The average molecular weight is 235 g/mol. The standard InChI is InChI=1S/C13H21N3O/c1-3-16(4-2)9-6-10-17-13-12(11-14)7-5-8-15-13/h5,7-8,11,14H,3-4,6,9-10H2,1-2H3. The Bertz CT molecular complexity index is 337. The zero-order valence-electron chi connectivity index (χ0n) is 10.6. The summed E-state index contributed by atoms with van der Waals surface area (Å²) < 4.78 is 5.58. The summed E-state index contributed by atoms with van der Waals surface area (Å²) in [6, 6.07) is 3.64. The number of ether oxygens (including phenoxy) is 1. The molecule has 1 aromatic heterocycles. The van der Waals surface area contributed by atoms with Gasteiger partial charge in [-0.05, 0) is 31.6 Å². The van der Waals surface area contributed by atoms with Crippen LogP contribution in [0.15, 0.2) is 18.3 Å². The largest absolute Gasteiger partial charge is 0.477 e. The molecule has 0 aromatic carbocycles. The summed E-state index contributed by atoms with van der Waals surface area (Å²) in [7, 11) is 0. The van der Waals surface area contributed by atoms with Gasteiger partial charge < -0.3 is 15.0 Å². The molecule has 1 rings (SSSR count). The van der Waals surface area contributed by atoms with Crippen LogP contribution in [-0.2, 0) is 0 Å². The molecule has 1 heterocycles. The third-order valence-corrected chi connectivity index (χ3v) is 2.71. The van der Waals surface area contributed by atoms with E-state index in [4.69, 9.17) is 10.1 Å². The molecule has 94 valence electrons. The maximum Gasteiger partial charge on any atom is 0.222 e. The molecule has 4 heteroatoms. The van der Waals surface area contributed by atoms with Crippen molar-refractivity contribution in [2.45, 2.75) is 20.3 Å². The Hall–Kier alpha value is -1.42. The van der Waals surface area contributed by atoms with Gasteiger partial charge in [-0.15, -0.1) is 0 Å². The van der Waals surface area contributed by atoms with Crippen molar-refractivity contribution in [3.63, 3.8) is 0 Å². The van der Waals surface area contributed by atoms with Crippen molar-refractivity contribution in [3.8, 4) is 5.88 Å². The first kappa shape index (κ1) is 13.6. The number of aromatic nitrogens is 1. The molecule has 0 spiro atoms. The van der Waals surface area contributed by atoms with Gasteiger partial charge in [0.1, 0.15) is 0 Å². The number of nitrogens with zero attached hydrogens (tertiary/aromatic N) is 2. The highest BCUT2D eigenvalue weighted by molar-refractivity contribution is 5.79. The zero-order valence-corrected chi connectivity index (χ0v) is 10.6. The van der Waals surface area contributed by atoms with Crippen LogP contribution in [0.25, 0.3) is 0 Å². The van der Waals surface area contributed by atoms with Crippen LogP contribution in [-0.4, -0.2) is 42.3 Å². The van der Waals surface area contributed by atoms with Gasteiger partial charge in [0.25, 0.3) is 0 Å². The van der Waals surface area contributed by atoms with E-state index in [2.05, 4.69) is 23.7 Å². The lowest BCUT2D eigenvalue weighted by molar-refractivity contribution is 0.244. The number of nitrogens with one attached hydrogen (secondary N) is 1. The first-order valence-electron chi connectivity index (χ1n) is 6.12. The van der Waals surface area contributed by atoms with Crippen molar-refractivity contribution < 1.29 is 4.74 Å². The van der Waals surface area contributed by atoms with Crippen molar-refractivity contribution in [3.05, 3.63) is 23.9 Å². The van der Waals surface area contributed by atoms with Crippen LogP contribution in [0.4, 0.5) is 0 Å². The van der Waals surface area contributed by atoms with Crippen LogP contribution < -0.4 is 4.74 Å². The lowest BCUT2D eigenvalue weighted by Gasteiger charge is -2.17. The topological polar surface area (TPSA) is 49.2 Å². The van der Waals surface area contributed by atoms with Gasteiger partial charge in [-0.1, -0.05) is 13.8 Å². The van der Waals surface area contributed by atoms with Gasteiger partial charge >= 0.3 is 0 Å². The molecule has 0 saturated heterocycles. The summed E-state index contributed by atoms with van der Waals surface area (Å²) in [6.07, 6.45) is 3.94. The molecule has 1 N–H and O–H groups in total. The highest BCUT2D eigenvalue weighted by Gasteiger charge is 2.02. The summed E-state index contributed by atoms with van der Waals surface area (Å²) in [5, 5.41) is 7.24. The third-order valence-electron chi connectivity index (χ3n) is 2.71. The van der Waals surface area contributed by atoms with Gasteiger partial charge in [0.2, 0.25) is 5.88 Å². The minimum atomic E-state index is 0.557. The number of hydrogen-bond donors (Lipinski definition) is 1. The molecule has 0 fully saturated rings. The molecule has 0 radical (unpaired) electrons. The van der Waals surface area contributed by atoms with Gasteiger partial charge in [-0.2, -0.15) is 0 Å². The fraction of sp³-hybridized carbons (Fsp3) is 0.538. The van der Waals surface area contributed by atoms with E-state index in [1.54, 1.807) is 6.20 Å². The Kier molecular flexibility index (Phi) is 6.25. The van der Waals surface area contributed by atoms with Crippen LogP contribution in [0.1, 0.15) is 25.8 Å². The molecule has 0 aliphatic carbocycles. The van der Waals surface area contributed by atoms with Gasteiger partial charge in [0.05, 0.1) is 12.2 Å². The van der Waals surface area contributed by atoms with E-state index in [0.29, 0.717) is 12.5 Å². The van der Waals surface area contributed by atoms with E-state index in [-0.39, 0.29) is 0 Å². The summed E-state index contributed by atoms with van der Waals surface area (Å²) in [5.74, 6) is 0.557. The summed E-state index contributed by atoms with van der Waals surface area (Å²) in [5.41, 5.74) is 0.732. The van der Waals surface area contributed by atoms with E-state index in [9.17, 15) is 0 Å². The smallest absolute Gasteiger partial charge is 0.222 e. The molecule has 0 saturated carbocycles. The minimum Gasteiger partial charge on any atom is -0.477 e. The maximum atomic E-state index is 7.24. The van der Waals surface area contributed by atoms with Crippen molar-refractivity contribution >= 4 is 6.21 Å². The van der Waals surface area contributed by atoms with Gasteiger partial charge in [-0.3, -0.25) is 0 Å². The Labute approximate surface area is 103 Å². The van der Waals surface area contributed by atoms with E-state index < -0.39 is 0 Å². The lowest BCUT2D eigenvalue weighted by Crippen LogP contribution is -2.25. The highest BCUT2D eigenvalue weighted by atomic mass is 16.5. The minimum absolute atomic E-state index is 0.557. The van der Waals surface area contributed by atoms with Gasteiger partial charge in [-0.25, -0.2) is 4.98 Å². The highest BCUT2D eigenvalue weighted by Crippen LogP contribution is 2.11. The van der Waals surface area contributed by atoms with Crippen molar-refractivity contribution in [1.29, 1.82) is 5.41 Å². The summed E-state index contributed by atoms with van der Waals surface area (Å²) >= 11 is 0. The fourth-order valence-corrected chi connectivity index (χ4v) is 1.63. The predicted molar refractivity (Wildman–Crippen MR) is 70.0 cm³/mol. The normalized spacial score (nSPS) is 10.5. The fourth-order valence-electron chi connectivity index (χ4n) is 1.63. The van der Waals surface area contributed by atoms with Crippen LogP contribution in [0.2, 0.25) is 0 Å². The second kappa shape index (κ2) is 7.79. The number of hydrogen-bond acceptors (Lipinski definition) is 4. The van der Waals surface area contributed by atoms with Crippen LogP contribution in [0, 0.1) is 5.41 Å². The van der Waals surface area contributed by atoms with Crippen LogP contribution >= 0.6 is 0 Å². The zero-order chi connectivity index (χ0) is 12.5. The van der Waals surface area contributed by atoms with E-state index in [1.807, 2.05) is 12.1 Å². The van der Waals surface area contributed by atoms with Crippen molar-refractivity contribution in [2.75, 3.05) is 26.2 Å². The quantitative estimate of drug-likeness (QED) is 0.555. The van der Waals surface area contributed by atoms with E-state index >= 15 is 0 Å². The van der Waals surface area contributed by atoms with Crippen molar-refractivity contribution in [2.24, 2.45) is 0 Å². The van der Waals surface area contributed by atoms with Gasteiger partial charge in [0.15, 0.2) is 0 Å². The van der Waals surface area contributed by atoms with E-state index in [1.165, 1.54) is 6.21 Å². The Morgan fingerprint density at radius 2 is 2.18 bits per heavy atom. The summed E-state index contributed by atoms with van der Waals surface area (Å²) in [4.78, 5) is 6.48. The molecular weight excluding hydrogens is 214 g/mol.